The van der Waals surface area contributed by atoms with Gasteiger partial charge in [0.05, 0.1) is 11.5 Å². The number of rotatable bonds is 3. The summed E-state index contributed by atoms with van der Waals surface area (Å²) in [7, 11) is 3.93. The molecule has 0 aliphatic rings. The van der Waals surface area contributed by atoms with Crippen LogP contribution in [-0.4, -0.2) is 14.1 Å². The van der Waals surface area contributed by atoms with Gasteiger partial charge in [0, 0.05) is 25.8 Å². The van der Waals surface area contributed by atoms with Crippen molar-refractivity contribution in [2.75, 3.05) is 19.0 Å². The van der Waals surface area contributed by atoms with Crippen molar-refractivity contribution in [1.29, 1.82) is 0 Å². The van der Waals surface area contributed by atoms with Gasteiger partial charge in [0.1, 0.15) is 17.1 Å². The van der Waals surface area contributed by atoms with Crippen LogP contribution in [0.25, 0.3) is 11.0 Å². The molecule has 0 N–H and O–H groups in total. The average molecular weight is 281 g/mol. The minimum Gasteiger partial charge on any atom is -0.456 e. The molecule has 3 aromatic rings. The third kappa shape index (κ3) is 2.74. The lowest BCUT2D eigenvalue weighted by molar-refractivity contribution is 0.475. The summed E-state index contributed by atoms with van der Waals surface area (Å²) >= 11 is 0. The van der Waals surface area contributed by atoms with Gasteiger partial charge in [-0.3, -0.25) is 0 Å². The van der Waals surface area contributed by atoms with Crippen molar-refractivity contribution < 1.29 is 9.15 Å². The lowest BCUT2D eigenvalue weighted by Crippen LogP contribution is -2.08. The quantitative estimate of drug-likeness (QED) is 0.687. The maximum Gasteiger partial charge on any atom is 0.339 e. The number of hydrogen-bond donors (Lipinski definition) is 0. The van der Waals surface area contributed by atoms with Gasteiger partial charge >= 0.3 is 5.63 Å². The van der Waals surface area contributed by atoms with E-state index in [1.54, 1.807) is 6.07 Å². The molecular formula is C17H15NO3. The van der Waals surface area contributed by atoms with Gasteiger partial charge in [0.25, 0.3) is 0 Å². The first-order valence-electron chi connectivity index (χ1n) is 6.61. The van der Waals surface area contributed by atoms with Gasteiger partial charge in [0.15, 0.2) is 0 Å². The highest BCUT2D eigenvalue weighted by Gasteiger charge is 2.08. The minimum atomic E-state index is -0.424. The Morgan fingerprint density at radius 2 is 1.81 bits per heavy atom. The molecule has 0 saturated heterocycles. The summed E-state index contributed by atoms with van der Waals surface area (Å²) in [6.07, 6.45) is 0. The number of ether oxygens (including phenoxy) is 1. The van der Waals surface area contributed by atoms with Crippen LogP contribution in [0, 0.1) is 0 Å². The van der Waals surface area contributed by atoms with E-state index in [0.717, 1.165) is 11.1 Å². The monoisotopic (exact) mass is 281 g/mol. The summed E-state index contributed by atoms with van der Waals surface area (Å²) in [5, 5.41) is 0.771. The topological polar surface area (TPSA) is 42.7 Å². The van der Waals surface area contributed by atoms with Crippen LogP contribution in [0.5, 0.6) is 11.5 Å². The Morgan fingerprint density at radius 1 is 1.00 bits per heavy atom. The smallest absolute Gasteiger partial charge is 0.339 e. The van der Waals surface area contributed by atoms with Gasteiger partial charge < -0.3 is 14.1 Å². The molecule has 0 aliphatic carbocycles. The van der Waals surface area contributed by atoms with Crippen LogP contribution in [0.2, 0.25) is 0 Å². The fraction of sp³-hybridized carbons (Fsp3) is 0.118. The highest BCUT2D eigenvalue weighted by molar-refractivity contribution is 5.83. The van der Waals surface area contributed by atoms with Gasteiger partial charge in [-0.15, -0.1) is 0 Å². The molecule has 0 fully saturated rings. The predicted octanol–water partition coefficient (Wildman–Crippen LogP) is 3.65. The van der Waals surface area contributed by atoms with Gasteiger partial charge in [-0.25, -0.2) is 4.79 Å². The molecule has 0 radical (unpaired) electrons. The third-order valence-corrected chi connectivity index (χ3v) is 3.17. The molecule has 0 bridgehead atoms. The number of hydrogen-bond acceptors (Lipinski definition) is 4. The van der Waals surface area contributed by atoms with Crippen molar-refractivity contribution in [3.05, 3.63) is 65.0 Å². The van der Waals surface area contributed by atoms with E-state index in [0.29, 0.717) is 17.1 Å². The predicted molar refractivity (Wildman–Crippen MR) is 83.3 cm³/mol. The van der Waals surface area contributed by atoms with Crippen molar-refractivity contribution >= 4 is 16.7 Å². The third-order valence-electron chi connectivity index (χ3n) is 3.17. The first-order valence-corrected chi connectivity index (χ1v) is 6.61. The molecule has 21 heavy (non-hydrogen) atoms. The fourth-order valence-electron chi connectivity index (χ4n) is 2.12. The Balaban J connectivity index is 2.06. The first-order chi connectivity index (χ1) is 10.1. The van der Waals surface area contributed by atoms with E-state index in [-0.39, 0.29) is 0 Å². The van der Waals surface area contributed by atoms with E-state index in [1.807, 2.05) is 61.5 Å². The summed E-state index contributed by atoms with van der Waals surface area (Å²) in [5.74, 6) is 1.18. The van der Waals surface area contributed by atoms with E-state index < -0.39 is 5.63 Å². The molecule has 0 amide bonds. The van der Waals surface area contributed by atoms with Crippen LogP contribution in [-0.2, 0) is 0 Å². The van der Waals surface area contributed by atoms with Gasteiger partial charge in [-0.05, 0) is 24.3 Å². The van der Waals surface area contributed by atoms with E-state index in [9.17, 15) is 4.79 Å². The van der Waals surface area contributed by atoms with Gasteiger partial charge in [0.2, 0.25) is 0 Å². The zero-order chi connectivity index (χ0) is 14.8. The average Bonchev–Trinajstić information content (AvgIpc) is 2.47. The Hall–Kier alpha value is -2.75. The molecule has 106 valence electrons. The largest absolute Gasteiger partial charge is 0.456 e. The van der Waals surface area contributed by atoms with Crippen molar-refractivity contribution in [2.45, 2.75) is 0 Å². The Labute approximate surface area is 122 Å². The van der Waals surface area contributed by atoms with E-state index >= 15 is 0 Å². The van der Waals surface area contributed by atoms with Crippen LogP contribution in [0.15, 0.2) is 63.8 Å². The molecule has 3 rings (SSSR count). The van der Waals surface area contributed by atoms with Crippen LogP contribution in [0.4, 0.5) is 5.69 Å². The molecular weight excluding hydrogens is 266 g/mol. The number of nitrogens with zero attached hydrogens (tertiary/aromatic N) is 1. The highest BCUT2D eigenvalue weighted by Crippen LogP contribution is 2.29. The Bertz CT molecular complexity index is 837. The lowest BCUT2D eigenvalue weighted by Gasteiger charge is -2.14. The van der Waals surface area contributed by atoms with Crippen molar-refractivity contribution in [3.63, 3.8) is 0 Å². The number of anilines is 1. The maximum atomic E-state index is 11.6. The van der Waals surface area contributed by atoms with Crippen LogP contribution >= 0.6 is 0 Å². The van der Waals surface area contributed by atoms with E-state index in [1.165, 1.54) is 6.07 Å². The van der Waals surface area contributed by atoms with E-state index in [2.05, 4.69) is 0 Å². The zero-order valence-electron chi connectivity index (χ0n) is 11.9. The highest BCUT2D eigenvalue weighted by atomic mass is 16.5. The molecule has 1 aromatic heterocycles. The second kappa shape index (κ2) is 5.32. The summed E-state index contributed by atoms with van der Waals surface area (Å²) in [5.41, 5.74) is 1.12. The van der Waals surface area contributed by atoms with Crippen molar-refractivity contribution in [3.8, 4) is 11.5 Å². The zero-order valence-corrected chi connectivity index (χ0v) is 11.9. The maximum absolute atomic E-state index is 11.6. The molecule has 0 saturated carbocycles. The van der Waals surface area contributed by atoms with Crippen LogP contribution < -0.4 is 15.3 Å². The van der Waals surface area contributed by atoms with Crippen LogP contribution in [0.1, 0.15) is 0 Å². The molecule has 2 aromatic carbocycles. The van der Waals surface area contributed by atoms with Crippen molar-refractivity contribution in [2.24, 2.45) is 0 Å². The Morgan fingerprint density at radius 3 is 2.62 bits per heavy atom. The molecule has 0 atom stereocenters. The molecule has 0 unspecified atom stereocenters. The van der Waals surface area contributed by atoms with Crippen molar-refractivity contribution in [1.82, 2.24) is 0 Å². The molecule has 0 aliphatic heterocycles. The van der Waals surface area contributed by atoms with Crippen LogP contribution in [0.3, 0.4) is 0 Å². The molecule has 1 heterocycles. The molecule has 0 spiro atoms. The second-order valence-electron chi connectivity index (χ2n) is 4.92. The lowest BCUT2D eigenvalue weighted by atomic mass is 10.2. The van der Waals surface area contributed by atoms with Gasteiger partial charge in [-0.1, -0.05) is 18.2 Å². The normalized spacial score (nSPS) is 10.6. The fourth-order valence-corrected chi connectivity index (χ4v) is 2.12. The summed E-state index contributed by atoms with van der Waals surface area (Å²) in [6, 6.07) is 16.4. The molecule has 4 nitrogen and oxygen atoms in total. The SMILES string of the molecule is CN(C)c1cccc(Oc2cc(=O)oc3ccccc23)c1. The number of para-hydroxylation sites is 1. The number of benzene rings is 2. The Kier molecular flexibility index (Phi) is 3.36. The molecule has 4 heteroatoms. The standard InChI is InChI=1S/C17H15NO3/c1-18(2)12-6-5-7-13(10-12)20-16-11-17(19)21-15-9-4-3-8-14(15)16/h3-11H,1-2H3. The van der Waals surface area contributed by atoms with E-state index in [4.69, 9.17) is 9.15 Å². The number of fused-ring (bicyclic) bond motifs is 1. The summed E-state index contributed by atoms with van der Waals surface area (Å²) < 4.78 is 11.0. The van der Waals surface area contributed by atoms with Gasteiger partial charge in [-0.2, -0.15) is 0 Å². The minimum absolute atomic E-state index is 0.424. The summed E-state index contributed by atoms with van der Waals surface area (Å²) in [6.45, 7) is 0. The first kappa shape index (κ1) is 13.2. The summed E-state index contributed by atoms with van der Waals surface area (Å²) in [4.78, 5) is 13.6. The second-order valence-corrected chi connectivity index (χ2v) is 4.92.